The molecular weight excluding hydrogens is 410 g/mol. The van der Waals surface area contributed by atoms with Crippen LogP contribution < -0.4 is 5.32 Å². The number of nitrogens with zero attached hydrogens (tertiary/aromatic N) is 2. The summed E-state index contributed by atoms with van der Waals surface area (Å²) in [6.07, 6.45) is 6.73. The fourth-order valence-corrected chi connectivity index (χ4v) is 4.94. The number of halogens is 1. The van der Waals surface area contributed by atoms with Crippen molar-refractivity contribution in [3.63, 3.8) is 0 Å². The molecule has 158 valence electrons. The van der Waals surface area contributed by atoms with Crippen LogP contribution in [0, 0.1) is 0 Å². The maximum atomic E-state index is 13.2. The third-order valence-corrected chi connectivity index (χ3v) is 6.58. The molecule has 3 aromatic rings. The lowest BCUT2D eigenvalue weighted by Crippen LogP contribution is -2.31. The summed E-state index contributed by atoms with van der Waals surface area (Å²) in [5.74, 6) is -0.163. The fraction of sp³-hybridized carbons (Fsp3) is 0.320. The molecule has 1 saturated heterocycles. The van der Waals surface area contributed by atoms with Crippen LogP contribution in [-0.2, 0) is 4.79 Å². The molecule has 1 aliphatic heterocycles. The van der Waals surface area contributed by atoms with Crippen molar-refractivity contribution in [1.29, 1.82) is 0 Å². The Bertz CT molecular complexity index is 1180. The summed E-state index contributed by atoms with van der Waals surface area (Å²) in [6.45, 7) is 3.18. The Labute approximate surface area is 186 Å². The van der Waals surface area contributed by atoms with E-state index in [1.807, 2.05) is 24.3 Å². The van der Waals surface area contributed by atoms with Crippen LogP contribution in [0.3, 0.4) is 0 Å². The number of likely N-dealkylation sites (tertiary alicyclic amines) is 1. The number of hydrogen-bond donors (Lipinski definition) is 1. The molecule has 1 fully saturated rings. The average molecular weight is 434 g/mol. The van der Waals surface area contributed by atoms with Gasteiger partial charge in [0.2, 0.25) is 5.91 Å². The molecule has 1 amide bonds. The number of piperidine rings is 1. The van der Waals surface area contributed by atoms with Gasteiger partial charge < -0.3 is 10.2 Å². The minimum absolute atomic E-state index is 0.0710. The largest absolute Gasteiger partial charge is 0.324 e. The van der Waals surface area contributed by atoms with Gasteiger partial charge in [-0.1, -0.05) is 36.2 Å². The Morgan fingerprint density at radius 1 is 1.06 bits per heavy atom. The molecular formula is C25H24ClN3O2. The number of anilines is 1. The number of ketones is 1. The van der Waals surface area contributed by atoms with Gasteiger partial charge in [0.05, 0.1) is 16.4 Å². The molecule has 5 rings (SSSR count). The monoisotopic (exact) mass is 433 g/mol. The molecule has 0 saturated carbocycles. The van der Waals surface area contributed by atoms with Gasteiger partial charge in [-0.05, 0) is 62.5 Å². The molecule has 0 unspecified atom stereocenters. The van der Waals surface area contributed by atoms with Gasteiger partial charge in [0, 0.05) is 34.7 Å². The molecule has 1 N–H and O–H groups in total. The molecule has 2 heterocycles. The number of hydrogen-bond acceptors (Lipinski definition) is 4. The van der Waals surface area contributed by atoms with Crippen molar-refractivity contribution in [2.24, 2.45) is 0 Å². The first-order valence-corrected chi connectivity index (χ1v) is 11.3. The zero-order valence-electron chi connectivity index (χ0n) is 17.3. The molecule has 0 bridgehead atoms. The topological polar surface area (TPSA) is 62.3 Å². The molecule has 1 aromatic heterocycles. The number of benzene rings is 2. The Balaban J connectivity index is 1.44. The van der Waals surface area contributed by atoms with E-state index >= 15 is 0 Å². The van der Waals surface area contributed by atoms with Crippen LogP contribution in [0.15, 0.2) is 42.6 Å². The second kappa shape index (κ2) is 8.40. The summed E-state index contributed by atoms with van der Waals surface area (Å²) < 4.78 is 0. The molecule has 31 heavy (non-hydrogen) atoms. The quantitative estimate of drug-likeness (QED) is 0.463. The first kappa shape index (κ1) is 20.2. The standard InChI is InChI=1S/C25H24ClN3O2/c26-19-10-9-18-22(23(19)28-20(30)8-5-15-29-13-2-1-3-14-29)24-21-16(11-12-27-24)6-4-7-17(21)25(18)31/h4,6-7,9-12H,1-3,5,8,13-15H2,(H,28,30). The van der Waals surface area contributed by atoms with Crippen molar-refractivity contribution in [3.05, 3.63) is 58.7 Å². The van der Waals surface area contributed by atoms with Gasteiger partial charge >= 0.3 is 0 Å². The number of carbonyl (C=O) groups excluding carboxylic acids is 2. The number of fused-ring (bicyclic) bond motifs is 2. The third-order valence-electron chi connectivity index (χ3n) is 6.26. The van der Waals surface area contributed by atoms with Crippen molar-refractivity contribution in [3.8, 4) is 11.3 Å². The van der Waals surface area contributed by atoms with Gasteiger partial charge in [-0.3, -0.25) is 14.6 Å². The lowest BCUT2D eigenvalue weighted by Gasteiger charge is -2.26. The Morgan fingerprint density at radius 2 is 1.90 bits per heavy atom. The van der Waals surface area contributed by atoms with Crippen molar-refractivity contribution < 1.29 is 9.59 Å². The number of rotatable bonds is 5. The predicted molar refractivity (Wildman–Crippen MR) is 124 cm³/mol. The van der Waals surface area contributed by atoms with Crippen LogP contribution in [0.4, 0.5) is 5.69 Å². The summed E-state index contributed by atoms with van der Waals surface area (Å²) in [7, 11) is 0. The van der Waals surface area contributed by atoms with Crippen molar-refractivity contribution in [2.75, 3.05) is 25.0 Å². The summed E-state index contributed by atoms with van der Waals surface area (Å²) in [6, 6.07) is 11.0. The second-order valence-corrected chi connectivity index (χ2v) is 8.70. The van der Waals surface area contributed by atoms with Gasteiger partial charge in [-0.25, -0.2) is 0 Å². The van der Waals surface area contributed by atoms with Gasteiger partial charge in [0.15, 0.2) is 5.78 Å². The van der Waals surface area contributed by atoms with E-state index in [0.717, 1.165) is 36.8 Å². The van der Waals surface area contributed by atoms with Crippen LogP contribution in [0.1, 0.15) is 48.0 Å². The second-order valence-electron chi connectivity index (χ2n) is 8.29. The molecule has 5 nitrogen and oxygen atoms in total. The first-order valence-electron chi connectivity index (χ1n) is 10.9. The van der Waals surface area contributed by atoms with Crippen LogP contribution in [0.2, 0.25) is 5.02 Å². The van der Waals surface area contributed by atoms with Crippen LogP contribution in [-0.4, -0.2) is 41.2 Å². The van der Waals surface area contributed by atoms with Crippen molar-refractivity contribution in [2.45, 2.75) is 32.1 Å². The van der Waals surface area contributed by atoms with Crippen molar-refractivity contribution >= 4 is 39.8 Å². The molecule has 0 radical (unpaired) electrons. The van der Waals surface area contributed by atoms with Crippen LogP contribution in [0.5, 0.6) is 0 Å². The van der Waals surface area contributed by atoms with E-state index in [9.17, 15) is 9.59 Å². The Hall–Kier alpha value is -2.76. The lowest BCUT2D eigenvalue weighted by molar-refractivity contribution is -0.116. The van der Waals surface area contributed by atoms with E-state index < -0.39 is 0 Å². The minimum atomic E-state index is -0.0919. The van der Waals surface area contributed by atoms with E-state index in [-0.39, 0.29) is 11.7 Å². The summed E-state index contributed by atoms with van der Waals surface area (Å²) in [5, 5.41) is 5.16. The smallest absolute Gasteiger partial charge is 0.224 e. The number of amides is 1. The minimum Gasteiger partial charge on any atom is -0.324 e. The van der Waals surface area contributed by atoms with E-state index in [2.05, 4.69) is 15.2 Å². The molecule has 6 heteroatoms. The normalized spacial score (nSPS) is 15.7. The third kappa shape index (κ3) is 3.73. The van der Waals surface area contributed by atoms with E-state index in [1.54, 1.807) is 18.3 Å². The lowest BCUT2D eigenvalue weighted by atomic mass is 9.85. The molecule has 2 aromatic carbocycles. The number of nitrogens with one attached hydrogen (secondary N) is 1. The van der Waals surface area contributed by atoms with Crippen molar-refractivity contribution in [1.82, 2.24) is 9.88 Å². The molecule has 2 aliphatic rings. The van der Waals surface area contributed by atoms with Gasteiger partial charge in [0.1, 0.15) is 0 Å². The van der Waals surface area contributed by atoms with E-state index in [0.29, 0.717) is 39.5 Å². The predicted octanol–water partition coefficient (Wildman–Crippen LogP) is 5.30. The summed E-state index contributed by atoms with van der Waals surface area (Å²) in [5.41, 5.74) is 2.94. The average Bonchev–Trinajstić information content (AvgIpc) is 2.79. The molecule has 0 spiro atoms. The first-order chi connectivity index (χ1) is 15.1. The van der Waals surface area contributed by atoms with Gasteiger partial charge in [-0.2, -0.15) is 0 Å². The number of aromatic nitrogens is 1. The van der Waals surface area contributed by atoms with Crippen LogP contribution in [0.25, 0.3) is 22.0 Å². The van der Waals surface area contributed by atoms with Crippen LogP contribution >= 0.6 is 11.6 Å². The zero-order valence-corrected chi connectivity index (χ0v) is 18.0. The summed E-state index contributed by atoms with van der Waals surface area (Å²) in [4.78, 5) is 33.0. The van der Waals surface area contributed by atoms with E-state index in [4.69, 9.17) is 11.6 Å². The summed E-state index contributed by atoms with van der Waals surface area (Å²) >= 11 is 6.51. The Kier molecular flexibility index (Phi) is 5.47. The zero-order chi connectivity index (χ0) is 21.4. The van der Waals surface area contributed by atoms with Gasteiger partial charge in [-0.15, -0.1) is 0 Å². The SMILES string of the molecule is O=C(CCCN1CCCCC1)Nc1c(Cl)ccc2c1-c1nccc3cccc(c13)C2=O. The highest BCUT2D eigenvalue weighted by atomic mass is 35.5. The molecule has 1 aliphatic carbocycles. The maximum absolute atomic E-state index is 13.2. The highest BCUT2D eigenvalue weighted by Crippen LogP contribution is 2.44. The number of carbonyl (C=O) groups is 2. The Morgan fingerprint density at radius 3 is 2.74 bits per heavy atom. The van der Waals surface area contributed by atoms with Gasteiger partial charge in [0.25, 0.3) is 0 Å². The maximum Gasteiger partial charge on any atom is 0.224 e. The highest BCUT2D eigenvalue weighted by molar-refractivity contribution is 6.36. The highest BCUT2D eigenvalue weighted by Gasteiger charge is 2.29. The van der Waals surface area contributed by atoms with E-state index in [1.165, 1.54) is 19.3 Å². The number of pyridine rings is 1. The fourth-order valence-electron chi connectivity index (χ4n) is 4.74. The molecule has 0 atom stereocenters.